The number of ether oxygens (including phenoxy) is 1. The van der Waals surface area contributed by atoms with E-state index in [4.69, 9.17) is 4.74 Å². The van der Waals surface area contributed by atoms with E-state index in [1.165, 1.54) is 17.8 Å². The summed E-state index contributed by atoms with van der Waals surface area (Å²) in [5.41, 5.74) is 0.827. The predicted octanol–water partition coefficient (Wildman–Crippen LogP) is 3.11. The maximum Gasteiger partial charge on any atom is 0.234 e. The Balaban J connectivity index is 1.48. The van der Waals surface area contributed by atoms with E-state index in [0.717, 1.165) is 36.7 Å². The number of hydrogen-bond donors (Lipinski definition) is 1. The molecule has 3 aromatic rings. The SMILES string of the molecule is O=C(CSc1nnc(CN2CCOCC2)n1-c1ccccc1)Nc1ccc(F)cc1F. The van der Waals surface area contributed by atoms with Gasteiger partial charge in [-0.2, -0.15) is 0 Å². The number of morpholine rings is 1. The quantitative estimate of drug-likeness (QED) is 0.564. The van der Waals surface area contributed by atoms with E-state index < -0.39 is 17.5 Å². The number of carbonyl (C=O) groups excluding carboxylic acids is 1. The Morgan fingerprint density at radius 3 is 2.61 bits per heavy atom. The van der Waals surface area contributed by atoms with E-state index in [9.17, 15) is 13.6 Å². The summed E-state index contributed by atoms with van der Waals surface area (Å²) in [7, 11) is 0. The smallest absolute Gasteiger partial charge is 0.234 e. The van der Waals surface area contributed by atoms with Gasteiger partial charge in [-0.3, -0.25) is 14.3 Å². The van der Waals surface area contributed by atoms with Crippen LogP contribution in [0.2, 0.25) is 0 Å². The molecule has 0 spiro atoms. The molecular formula is C21H21F2N5O2S. The number of thioether (sulfide) groups is 1. The van der Waals surface area contributed by atoms with Gasteiger partial charge < -0.3 is 10.1 Å². The lowest BCUT2D eigenvalue weighted by Crippen LogP contribution is -2.36. The fraction of sp³-hybridized carbons (Fsp3) is 0.286. The molecule has 2 aromatic carbocycles. The zero-order chi connectivity index (χ0) is 21.6. The molecule has 31 heavy (non-hydrogen) atoms. The van der Waals surface area contributed by atoms with Crippen LogP contribution in [0.15, 0.2) is 53.7 Å². The second-order valence-corrected chi connectivity index (χ2v) is 7.86. The number of nitrogens with zero attached hydrogens (tertiary/aromatic N) is 4. The van der Waals surface area contributed by atoms with E-state index in [1.807, 2.05) is 34.9 Å². The van der Waals surface area contributed by atoms with Crippen LogP contribution in [-0.4, -0.2) is 57.6 Å². The summed E-state index contributed by atoms with van der Waals surface area (Å²) in [6.45, 7) is 3.60. The van der Waals surface area contributed by atoms with Crippen molar-refractivity contribution in [3.05, 3.63) is 66.0 Å². The van der Waals surface area contributed by atoms with Crippen LogP contribution in [0.1, 0.15) is 5.82 Å². The Morgan fingerprint density at radius 1 is 1.10 bits per heavy atom. The van der Waals surface area contributed by atoms with Crippen LogP contribution in [0, 0.1) is 11.6 Å². The van der Waals surface area contributed by atoms with Gasteiger partial charge in [0.1, 0.15) is 11.6 Å². The minimum absolute atomic E-state index is 0.000657. The molecule has 162 valence electrons. The molecule has 2 heterocycles. The number of aromatic nitrogens is 3. The first-order chi connectivity index (χ1) is 15.1. The molecule has 0 radical (unpaired) electrons. The zero-order valence-corrected chi connectivity index (χ0v) is 17.4. The normalized spacial score (nSPS) is 14.5. The highest BCUT2D eigenvalue weighted by Crippen LogP contribution is 2.24. The topological polar surface area (TPSA) is 72.3 Å². The van der Waals surface area contributed by atoms with Gasteiger partial charge in [-0.1, -0.05) is 30.0 Å². The first kappa shape index (κ1) is 21.4. The summed E-state index contributed by atoms with van der Waals surface area (Å²) in [5.74, 6) is -1.18. The molecule has 0 aliphatic carbocycles. The van der Waals surface area contributed by atoms with Gasteiger partial charge >= 0.3 is 0 Å². The summed E-state index contributed by atoms with van der Waals surface area (Å²) in [5, 5.41) is 11.6. The molecule has 0 unspecified atom stereocenters. The fourth-order valence-electron chi connectivity index (χ4n) is 3.20. The van der Waals surface area contributed by atoms with E-state index >= 15 is 0 Å². The molecule has 1 aromatic heterocycles. The molecular weight excluding hydrogens is 424 g/mol. The van der Waals surface area contributed by atoms with Crippen LogP contribution < -0.4 is 5.32 Å². The fourth-order valence-corrected chi connectivity index (χ4v) is 3.97. The number of rotatable bonds is 7. The minimum atomic E-state index is -0.821. The average molecular weight is 445 g/mol. The van der Waals surface area contributed by atoms with E-state index in [0.29, 0.717) is 24.9 Å². The maximum atomic E-state index is 13.8. The second kappa shape index (κ2) is 9.99. The monoisotopic (exact) mass is 445 g/mol. The lowest BCUT2D eigenvalue weighted by atomic mass is 10.3. The molecule has 1 N–H and O–H groups in total. The maximum absolute atomic E-state index is 13.8. The number of anilines is 1. The lowest BCUT2D eigenvalue weighted by Gasteiger charge is -2.26. The number of hydrogen-bond acceptors (Lipinski definition) is 6. The molecule has 1 aliphatic heterocycles. The minimum Gasteiger partial charge on any atom is -0.379 e. The van der Waals surface area contributed by atoms with Gasteiger partial charge in [-0.25, -0.2) is 8.78 Å². The van der Waals surface area contributed by atoms with Gasteiger partial charge in [-0.05, 0) is 24.3 Å². The molecule has 10 heteroatoms. The number of benzene rings is 2. The highest BCUT2D eigenvalue weighted by Gasteiger charge is 2.20. The van der Waals surface area contributed by atoms with Crippen LogP contribution in [-0.2, 0) is 16.1 Å². The van der Waals surface area contributed by atoms with Crippen LogP contribution in [0.25, 0.3) is 5.69 Å². The third-order valence-corrected chi connectivity index (χ3v) is 5.65. The predicted molar refractivity (Wildman–Crippen MR) is 113 cm³/mol. The van der Waals surface area contributed by atoms with Gasteiger partial charge in [0, 0.05) is 24.8 Å². The van der Waals surface area contributed by atoms with Gasteiger partial charge in [0.2, 0.25) is 5.91 Å². The largest absolute Gasteiger partial charge is 0.379 e. The number of para-hydroxylation sites is 1. The summed E-state index contributed by atoms with van der Waals surface area (Å²) >= 11 is 1.20. The Kier molecular flexibility index (Phi) is 6.90. The highest BCUT2D eigenvalue weighted by molar-refractivity contribution is 7.99. The summed E-state index contributed by atoms with van der Waals surface area (Å²) in [4.78, 5) is 14.6. The molecule has 1 fully saturated rings. The third kappa shape index (κ3) is 5.46. The first-order valence-corrected chi connectivity index (χ1v) is 10.8. The van der Waals surface area contributed by atoms with Crippen molar-refractivity contribution in [3.63, 3.8) is 0 Å². The molecule has 1 amide bonds. The van der Waals surface area contributed by atoms with Gasteiger partial charge in [0.05, 0.1) is 31.2 Å². The summed E-state index contributed by atoms with van der Waals surface area (Å²) < 4.78 is 34.2. The van der Waals surface area contributed by atoms with E-state index in [2.05, 4.69) is 20.4 Å². The van der Waals surface area contributed by atoms with Crippen molar-refractivity contribution in [1.82, 2.24) is 19.7 Å². The molecule has 0 atom stereocenters. The average Bonchev–Trinajstić information content (AvgIpc) is 3.18. The number of nitrogens with one attached hydrogen (secondary N) is 1. The number of carbonyl (C=O) groups is 1. The van der Waals surface area contributed by atoms with Crippen molar-refractivity contribution in [2.75, 3.05) is 37.4 Å². The van der Waals surface area contributed by atoms with Crippen molar-refractivity contribution in [1.29, 1.82) is 0 Å². The Labute approximate surface area is 182 Å². The molecule has 4 rings (SSSR count). The lowest BCUT2D eigenvalue weighted by molar-refractivity contribution is -0.113. The van der Waals surface area contributed by atoms with Crippen molar-refractivity contribution < 1.29 is 18.3 Å². The molecule has 7 nitrogen and oxygen atoms in total. The number of halogens is 2. The van der Waals surface area contributed by atoms with E-state index in [1.54, 1.807) is 0 Å². The van der Waals surface area contributed by atoms with Crippen molar-refractivity contribution in [2.24, 2.45) is 0 Å². The summed E-state index contributed by atoms with van der Waals surface area (Å²) in [6.07, 6.45) is 0. The molecule has 1 saturated heterocycles. The van der Waals surface area contributed by atoms with Crippen molar-refractivity contribution in [3.8, 4) is 5.69 Å². The standard InChI is InChI=1S/C21H21F2N5O2S/c22-15-6-7-18(17(23)12-15)24-20(29)14-31-21-26-25-19(13-27-8-10-30-11-9-27)28(21)16-4-2-1-3-5-16/h1-7,12H,8-11,13-14H2,(H,24,29). The Hall–Kier alpha value is -2.82. The van der Waals surface area contributed by atoms with Crippen LogP contribution >= 0.6 is 11.8 Å². The van der Waals surface area contributed by atoms with Crippen LogP contribution in [0.5, 0.6) is 0 Å². The molecule has 1 aliphatic rings. The number of amides is 1. The Bertz CT molecular complexity index is 1040. The second-order valence-electron chi connectivity index (χ2n) is 6.92. The van der Waals surface area contributed by atoms with Crippen molar-refractivity contribution >= 4 is 23.4 Å². The van der Waals surface area contributed by atoms with E-state index in [-0.39, 0.29) is 11.4 Å². The molecule has 0 bridgehead atoms. The highest BCUT2D eigenvalue weighted by atomic mass is 32.2. The van der Waals surface area contributed by atoms with Gasteiger partial charge in [0.25, 0.3) is 0 Å². The van der Waals surface area contributed by atoms with Crippen LogP contribution in [0.3, 0.4) is 0 Å². The van der Waals surface area contributed by atoms with Crippen LogP contribution in [0.4, 0.5) is 14.5 Å². The van der Waals surface area contributed by atoms with Gasteiger partial charge in [-0.15, -0.1) is 10.2 Å². The first-order valence-electron chi connectivity index (χ1n) is 9.77. The zero-order valence-electron chi connectivity index (χ0n) is 16.6. The van der Waals surface area contributed by atoms with Crippen molar-refractivity contribution in [2.45, 2.75) is 11.7 Å². The molecule has 0 saturated carbocycles. The third-order valence-electron chi connectivity index (χ3n) is 4.72. The van der Waals surface area contributed by atoms with Gasteiger partial charge in [0.15, 0.2) is 11.0 Å². The Morgan fingerprint density at radius 2 is 1.87 bits per heavy atom. The summed E-state index contributed by atoms with van der Waals surface area (Å²) in [6, 6.07) is 12.7.